The second kappa shape index (κ2) is 8.36. The van der Waals surface area contributed by atoms with Crippen LogP contribution in [0.4, 0.5) is 0 Å². The highest BCUT2D eigenvalue weighted by molar-refractivity contribution is 7.84. The third-order valence-corrected chi connectivity index (χ3v) is 6.12. The van der Waals surface area contributed by atoms with Crippen LogP contribution >= 0.6 is 0 Å². The number of hydrogen-bond acceptors (Lipinski definition) is 3. The highest BCUT2D eigenvalue weighted by Gasteiger charge is 2.23. The SMILES string of the molecule is CCCC[C@H](N[S@](=O)C(C)(C)C)c1ccc(-c2nc3ccccc3o2)cc1. The van der Waals surface area contributed by atoms with E-state index in [4.69, 9.17) is 4.42 Å². The quantitative estimate of drug-likeness (QED) is 0.562. The number of benzene rings is 2. The van der Waals surface area contributed by atoms with Crippen LogP contribution in [0.25, 0.3) is 22.6 Å². The van der Waals surface area contributed by atoms with Gasteiger partial charge in [-0.25, -0.2) is 13.9 Å². The van der Waals surface area contributed by atoms with Crippen molar-refractivity contribution in [2.75, 3.05) is 0 Å². The van der Waals surface area contributed by atoms with Crippen LogP contribution in [0, 0.1) is 0 Å². The summed E-state index contributed by atoms with van der Waals surface area (Å²) in [7, 11) is -1.10. The Kier molecular flexibility index (Phi) is 6.12. The molecule has 3 aromatic rings. The van der Waals surface area contributed by atoms with Gasteiger partial charge in [-0.15, -0.1) is 0 Å². The van der Waals surface area contributed by atoms with Gasteiger partial charge in [0, 0.05) is 11.6 Å². The fourth-order valence-corrected chi connectivity index (χ4v) is 3.73. The summed E-state index contributed by atoms with van der Waals surface area (Å²) in [6.07, 6.45) is 3.16. The van der Waals surface area contributed by atoms with Gasteiger partial charge in [-0.05, 0) is 57.0 Å². The Morgan fingerprint density at radius 2 is 1.81 bits per heavy atom. The lowest BCUT2D eigenvalue weighted by atomic mass is 10.0. The molecule has 0 radical (unpaired) electrons. The number of para-hydroxylation sites is 2. The van der Waals surface area contributed by atoms with E-state index in [1.807, 2.05) is 57.2 Å². The minimum Gasteiger partial charge on any atom is -0.436 e. The van der Waals surface area contributed by atoms with Crippen molar-refractivity contribution in [3.63, 3.8) is 0 Å². The van der Waals surface area contributed by atoms with E-state index in [0.717, 1.165) is 41.5 Å². The summed E-state index contributed by atoms with van der Waals surface area (Å²) < 4.78 is 21.5. The van der Waals surface area contributed by atoms with Crippen molar-refractivity contribution >= 4 is 22.1 Å². The number of fused-ring (bicyclic) bond motifs is 1. The maximum Gasteiger partial charge on any atom is 0.227 e. The number of nitrogens with one attached hydrogen (secondary N) is 1. The molecule has 4 nitrogen and oxygen atoms in total. The zero-order chi connectivity index (χ0) is 19.4. The molecule has 0 aliphatic heterocycles. The fraction of sp³-hybridized carbons (Fsp3) is 0.409. The van der Waals surface area contributed by atoms with E-state index < -0.39 is 11.0 Å². The maximum atomic E-state index is 12.6. The van der Waals surface area contributed by atoms with Crippen LogP contribution in [-0.4, -0.2) is 13.9 Å². The summed E-state index contributed by atoms with van der Waals surface area (Å²) >= 11 is 0. The van der Waals surface area contributed by atoms with Crippen LogP contribution in [0.2, 0.25) is 0 Å². The smallest absolute Gasteiger partial charge is 0.227 e. The topological polar surface area (TPSA) is 55.1 Å². The van der Waals surface area contributed by atoms with Crippen molar-refractivity contribution in [1.82, 2.24) is 9.71 Å². The molecule has 0 aliphatic carbocycles. The largest absolute Gasteiger partial charge is 0.436 e. The molecule has 0 saturated carbocycles. The molecule has 3 rings (SSSR count). The first-order valence-corrected chi connectivity index (χ1v) is 10.7. The molecule has 1 N–H and O–H groups in total. The Balaban J connectivity index is 1.82. The average Bonchev–Trinajstić information content (AvgIpc) is 3.08. The molecule has 1 heterocycles. The summed E-state index contributed by atoms with van der Waals surface area (Å²) in [5.41, 5.74) is 3.74. The predicted octanol–water partition coefficient (Wildman–Crippen LogP) is 5.78. The average molecular weight is 385 g/mol. The fourth-order valence-electron chi connectivity index (χ4n) is 2.86. The van der Waals surface area contributed by atoms with Crippen LogP contribution < -0.4 is 4.72 Å². The Bertz CT molecular complexity index is 877. The van der Waals surface area contributed by atoms with Gasteiger partial charge in [0.05, 0.1) is 15.7 Å². The molecule has 0 unspecified atom stereocenters. The van der Waals surface area contributed by atoms with Crippen LogP contribution in [0.5, 0.6) is 0 Å². The van der Waals surface area contributed by atoms with Gasteiger partial charge in [0.1, 0.15) is 5.52 Å². The predicted molar refractivity (Wildman–Crippen MR) is 113 cm³/mol. The van der Waals surface area contributed by atoms with Gasteiger partial charge < -0.3 is 4.42 Å². The maximum absolute atomic E-state index is 12.6. The zero-order valence-corrected chi connectivity index (χ0v) is 17.3. The molecule has 0 fully saturated rings. The van der Waals surface area contributed by atoms with Crippen molar-refractivity contribution in [2.45, 2.75) is 57.7 Å². The molecule has 1 aromatic heterocycles. The molecular formula is C22H28N2O2S. The lowest BCUT2D eigenvalue weighted by Crippen LogP contribution is -2.35. The van der Waals surface area contributed by atoms with E-state index >= 15 is 0 Å². The molecule has 0 bridgehead atoms. The number of nitrogens with zero attached hydrogens (tertiary/aromatic N) is 1. The minimum absolute atomic E-state index is 0.0719. The van der Waals surface area contributed by atoms with E-state index in [0.29, 0.717) is 5.89 Å². The van der Waals surface area contributed by atoms with E-state index in [1.54, 1.807) is 0 Å². The van der Waals surface area contributed by atoms with E-state index in [1.165, 1.54) is 0 Å². The standard InChI is InChI=1S/C22H28N2O2S/c1-5-6-9-18(24-27(25)22(2,3)4)16-12-14-17(15-13-16)21-23-19-10-7-8-11-20(19)26-21/h7-8,10-15,18,24H,5-6,9H2,1-4H3/t18-,27+/m0/s1. The number of oxazole rings is 1. The third kappa shape index (κ3) is 4.85. The van der Waals surface area contributed by atoms with E-state index in [-0.39, 0.29) is 10.8 Å². The molecule has 0 aliphatic rings. The Hall–Kier alpha value is -1.98. The molecule has 2 atom stereocenters. The van der Waals surface area contributed by atoms with Crippen molar-refractivity contribution in [3.05, 3.63) is 54.1 Å². The van der Waals surface area contributed by atoms with Gasteiger partial charge in [-0.3, -0.25) is 0 Å². The summed E-state index contributed by atoms with van der Waals surface area (Å²) in [6, 6.07) is 16.1. The molecule has 0 amide bonds. The minimum atomic E-state index is -1.10. The van der Waals surface area contributed by atoms with Crippen molar-refractivity contribution in [2.24, 2.45) is 0 Å². The number of rotatable bonds is 7. The monoisotopic (exact) mass is 384 g/mol. The van der Waals surface area contributed by atoms with Crippen molar-refractivity contribution in [1.29, 1.82) is 0 Å². The molecule has 2 aromatic carbocycles. The van der Waals surface area contributed by atoms with Crippen LogP contribution in [-0.2, 0) is 11.0 Å². The first-order chi connectivity index (χ1) is 12.9. The van der Waals surface area contributed by atoms with Gasteiger partial charge in [0.2, 0.25) is 5.89 Å². The Morgan fingerprint density at radius 3 is 2.44 bits per heavy atom. The van der Waals surface area contributed by atoms with E-state index in [9.17, 15) is 4.21 Å². The highest BCUT2D eigenvalue weighted by atomic mass is 32.2. The molecule has 144 valence electrons. The van der Waals surface area contributed by atoms with Gasteiger partial charge in [0.15, 0.2) is 5.58 Å². The van der Waals surface area contributed by atoms with Crippen LogP contribution in [0.1, 0.15) is 58.6 Å². The first kappa shape index (κ1) is 19.8. The van der Waals surface area contributed by atoms with E-state index in [2.05, 4.69) is 28.8 Å². The summed E-state index contributed by atoms with van der Waals surface area (Å²) in [5, 5.41) is 0. The number of aromatic nitrogens is 1. The second-order valence-corrected chi connectivity index (χ2v) is 9.80. The van der Waals surface area contributed by atoms with Crippen LogP contribution in [0.3, 0.4) is 0 Å². The normalized spacial score (nSPS) is 14.4. The highest BCUT2D eigenvalue weighted by Crippen LogP contribution is 2.27. The molecule has 5 heteroatoms. The Morgan fingerprint density at radius 1 is 1.11 bits per heavy atom. The zero-order valence-electron chi connectivity index (χ0n) is 16.5. The number of unbranched alkanes of at least 4 members (excludes halogenated alkanes) is 1. The molecule has 0 spiro atoms. The first-order valence-electron chi connectivity index (χ1n) is 9.52. The van der Waals surface area contributed by atoms with Crippen molar-refractivity contribution in [3.8, 4) is 11.5 Å². The summed E-state index contributed by atoms with van der Waals surface area (Å²) in [5.74, 6) is 0.624. The lowest BCUT2D eigenvalue weighted by molar-refractivity contribution is 0.548. The molecule has 27 heavy (non-hydrogen) atoms. The molecular weight excluding hydrogens is 356 g/mol. The van der Waals surface area contributed by atoms with Crippen molar-refractivity contribution < 1.29 is 8.63 Å². The van der Waals surface area contributed by atoms with Gasteiger partial charge in [-0.2, -0.15) is 0 Å². The summed E-state index contributed by atoms with van der Waals surface area (Å²) in [6.45, 7) is 8.14. The molecule has 0 saturated heterocycles. The summed E-state index contributed by atoms with van der Waals surface area (Å²) in [4.78, 5) is 4.56. The third-order valence-electron chi connectivity index (χ3n) is 4.51. The Labute approximate surface area is 164 Å². The van der Waals surface area contributed by atoms with Gasteiger partial charge >= 0.3 is 0 Å². The van der Waals surface area contributed by atoms with Gasteiger partial charge in [0.25, 0.3) is 0 Å². The number of hydrogen-bond donors (Lipinski definition) is 1. The van der Waals surface area contributed by atoms with Crippen LogP contribution in [0.15, 0.2) is 52.9 Å². The second-order valence-electron chi connectivity index (χ2n) is 7.80. The lowest BCUT2D eigenvalue weighted by Gasteiger charge is -2.24. The van der Waals surface area contributed by atoms with Gasteiger partial charge in [-0.1, -0.05) is 44.0 Å².